The van der Waals surface area contributed by atoms with Crippen LogP contribution in [-0.4, -0.2) is 61.0 Å². The molecule has 0 bridgehead atoms. The Bertz CT molecular complexity index is 737. The second-order valence-electron chi connectivity index (χ2n) is 4.74. The minimum absolute atomic E-state index is 0.198. The molecule has 0 aliphatic carbocycles. The van der Waals surface area contributed by atoms with Gasteiger partial charge < -0.3 is 26.0 Å². The highest BCUT2D eigenvalue weighted by molar-refractivity contribution is 14.1. The number of carbonyl (C=O) groups excluding carboxylic acids is 1. The Hall–Kier alpha value is -1.57. The molecular formula is C11H13IN6O4. The summed E-state index contributed by atoms with van der Waals surface area (Å²) in [5.74, 6) is -0.328. The van der Waals surface area contributed by atoms with Gasteiger partial charge in [0.25, 0.3) is 5.91 Å². The quantitative estimate of drug-likeness (QED) is 0.335. The maximum atomic E-state index is 11.7. The molecule has 2 aromatic heterocycles. The molecule has 1 saturated heterocycles. The van der Waals surface area contributed by atoms with Crippen molar-refractivity contribution in [1.82, 2.24) is 24.8 Å². The Balaban J connectivity index is 2.03. The number of aliphatic hydroxyl groups is 2. The van der Waals surface area contributed by atoms with Crippen LogP contribution >= 0.6 is 22.6 Å². The number of nitrogens with one attached hydrogen (secondary N) is 1. The molecule has 1 fully saturated rings. The molecule has 0 spiro atoms. The van der Waals surface area contributed by atoms with E-state index in [9.17, 15) is 15.0 Å². The molecule has 0 radical (unpaired) electrons. The summed E-state index contributed by atoms with van der Waals surface area (Å²) in [5.41, 5.74) is 6.49. The Morgan fingerprint density at radius 2 is 2.18 bits per heavy atom. The summed E-state index contributed by atoms with van der Waals surface area (Å²) in [6, 6.07) is 0. The molecule has 3 heterocycles. The van der Waals surface area contributed by atoms with Gasteiger partial charge in [-0.25, -0.2) is 15.0 Å². The lowest BCUT2D eigenvalue weighted by Crippen LogP contribution is -2.41. The first kappa shape index (κ1) is 15.3. The van der Waals surface area contributed by atoms with Gasteiger partial charge in [-0.1, -0.05) is 0 Å². The number of likely N-dealkylation sites (N-methyl/N-ethyl adjacent to an activating group) is 1. The molecule has 0 saturated carbocycles. The number of halogens is 1. The van der Waals surface area contributed by atoms with E-state index in [4.69, 9.17) is 10.5 Å². The monoisotopic (exact) mass is 420 g/mol. The summed E-state index contributed by atoms with van der Waals surface area (Å²) in [4.78, 5) is 24.0. The SMILES string of the molecule is CNC(=O)[C@H]1O[C@@H](n2cnc3c(N)nc(I)nc32)[C@H](O)[C@@H]1O. The average molecular weight is 420 g/mol. The molecular weight excluding hydrogens is 407 g/mol. The number of ether oxygens (including phenoxy) is 1. The number of fused-ring (bicyclic) bond motifs is 1. The van der Waals surface area contributed by atoms with E-state index in [1.807, 2.05) is 22.6 Å². The largest absolute Gasteiger partial charge is 0.387 e. The lowest BCUT2D eigenvalue weighted by Gasteiger charge is -2.16. The van der Waals surface area contributed by atoms with Crippen LogP contribution in [0.1, 0.15) is 6.23 Å². The minimum atomic E-state index is -1.36. The zero-order valence-corrected chi connectivity index (χ0v) is 13.5. The van der Waals surface area contributed by atoms with Crippen molar-refractivity contribution in [1.29, 1.82) is 0 Å². The topological polar surface area (TPSA) is 148 Å². The van der Waals surface area contributed by atoms with Crippen molar-refractivity contribution in [3.05, 3.63) is 10.2 Å². The number of hydrogen-bond donors (Lipinski definition) is 4. The Morgan fingerprint density at radius 1 is 1.45 bits per heavy atom. The smallest absolute Gasteiger partial charge is 0.251 e. The summed E-state index contributed by atoms with van der Waals surface area (Å²) in [7, 11) is 1.42. The van der Waals surface area contributed by atoms with Crippen LogP contribution in [0.3, 0.4) is 0 Å². The minimum Gasteiger partial charge on any atom is -0.387 e. The van der Waals surface area contributed by atoms with E-state index in [2.05, 4.69) is 20.3 Å². The van der Waals surface area contributed by atoms with Gasteiger partial charge in [0.1, 0.15) is 17.7 Å². The van der Waals surface area contributed by atoms with E-state index >= 15 is 0 Å². The second kappa shape index (κ2) is 5.57. The van der Waals surface area contributed by atoms with Gasteiger partial charge in [-0.05, 0) is 0 Å². The number of hydrogen-bond acceptors (Lipinski definition) is 8. The molecule has 10 nitrogen and oxygen atoms in total. The molecule has 1 aliphatic rings. The molecule has 2 aromatic rings. The molecule has 22 heavy (non-hydrogen) atoms. The zero-order valence-electron chi connectivity index (χ0n) is 11.3. The van der Waals surface area contributed by atoms with E-state index < -0.39 is 30.4 Å². The summed E-state index contributed by atoms with van der Waals surface area (Å²) in [6.07, 6.45) is -3.49. The zero-order chi connectivity index (χ0) is 16.0. The molecule has 0 aromatic carbocycles. The highest BCUT2D eigenvalue weighted by Crippen LogP contribution is 2.32. The molecule has 5 N–H and O–H groups in total. The van der Waals surface area contributed by atoms with Gasteiger partial charge >= 0.3 is 0 Å². The number of amides is 1. The van der Waals surface area contributed by atoms with Crippen molar-refractivity contribution < 1.29 is 19.7 Å². The van der Waals surface area contributed by atoms with Crippen molar-refractivity contribution in [2.45, 2.75) is 24.5 Å². The van der Waals surface area contributed by atoms with Gasteiger partial charge in [0.15, 0.2) is 27.6 Å². The number of imidazole rings is 1. The summed E-state index contributed by atoms with van der Waals surface area (Å²) >= 11 is 1.90. The standard InChI is InChI=1S/C11H13IN6O4/c1-14-9(21)6-4(19)5(20)10(22-6)18-2-15-3-7(13)16-11(12)17-8(3)18/h2,4-6,10,19-20H,1H3,(H,14,21)(H2,13,16,17)/t4-,5+,6-,10+/m0/s1. The predicted molar refractivity (Wildman–Crippen MR) is 82.4 cm³/mol. The van der Waals surface area contributed by atoms with Gasteiger partial charge in [0.2, 0.25) is 0 Å². The van der Waals surface area contributed by atoms with Gasteiger partial charge in [0.05, 0.1) is 6.33 Å². The van der Waals surface area contributed by atoms with E-state index in [0.717, 1.165) is 0 Å². The van der Waals surface area contributed by atoms with E-state index in [1.54, 1.807) is 0 Å². The number of nitrogens with zero attached hydrogens (tertiary/aromatic N) is 4. The fraction of sp³-hybridized carbons (Fsp3) is 0.455. The van der Waals surface area contributed by atoms with Crippen molar-refractivity contribution in [3.8, 4) is 0 Å². The molecule has 4 atom stereocenters. The third-order valence-corrected chi connectivity index (χ3v) is 3.92. The number of nitrogen functional groups attached to an aromatic ring is 1. The summed E-state index contributed by atoms with van der Waals surface area (Å²) in [6.45, 7) is 0. The van der Waals surface area contributed by atoms with Gasteiger partial charge in [-0.2, -0.15) is 0 Å². The van der Waals surface area contributed by atoms with Crippen molar-refractivity contribution in [3.63, 3.8) is 0 Å². The van der Waals surface area contributed by atoms with E-state index in [0.29, 0.717) is 15.0 Å². The van der Waals surface area contributed by atoms with Crippen LogP contribution in [0.5, 0.6) is 0 Å². The van der Waals surface area contributed by atoms with Crippen LogP contribution in [0.4, 0.5) is 5.82 Å². The average Bonchev–Trinajstić information content (AvgIpc) is 3.01. The maximum absolute atomic E-state index is 11.7. The molecule has 1 aliphatic heterocycles. The molecule has 11 heteroatoms. The Morgan fingerprint density at radius 3 is 2.86 bits per heavy atom. The van der Waals surface area contributed by atoms with Crippen LogP contribution in [-0.2, 0) is 9.53 Å². The fourth-order valence-corrected chi connectivity index (χ4v) is 2.83. The molecule has 0 unspecified atom stereocenters. The third-order valence-electron chi connectivity index (χ3n) is 3.44. The number of nitrogens with two attached hydrogens (primary N) is 1. The van der Waals surface area contributed by atoms with Crippen LogP contribution in [0, 0.1) is 3.83 Å². The first-order chi connectivity index (χ1) is 10.4. The van der Waals surface area contributed by atoms with Crippen LogP contribution < -0.4 is 11.1 Å². The number of aliphatic hydroxyl groups excluding tert-OH is 2. The maximum Gasteiger partial charge on any atom is 0.251 e. The predicted octanol–water partition coefficient (Wildman–Crippen LogP) is -1.62. The van der Waals surface area contributed by atoms with Crippen LogP contribution in [0.15, 0.2) is 6.33 Å². The normalized spacial score (nSPS) is 28.2. The van der Waals surface area contributed by atoms with Gasteiger partial charge in [-0.3, -0.25) is 9.36 Å². The lowest BCUT2D eigenvalue weighted by molar-refractivity contribution is -0.137. The van der Waals surface area contributed by atoms with Crippen LogP contribution in [0.25, 0.3) is 11.2 Å². The van der Waals surface area contributed by atoms with Crippen molar-refractivity contribution >= 4 is 45.5 Å². The fourth-order valence-electron chi connectivity index (χ4n) is 2.35. The second-order valence-corrected chi connectivity index (χ2v) is 5.71. The summed E-state index contributed by atoms with van der Waals surface area (Å²) < 4.78 is 7.30. The Kier molecular flexibility index (Phi) is 3.88. The first-order valence-corrected chi connectivity index (χ1v) is 7.40. The number of aromatic nitrogens is 4. The van der Waals surface area contributed by atoms with Crippen molar-refractivity contribution in [2.75, 3.05) is 12.8 Å². The highest BCUT2D eigenvalue weighted by atomic mass is 127. The van der Waals surface area contributed by atoms with E-state index in [1.165, 1.54) is 17.9 Å². The summed E-state index contributed by atoms with van der Waals surface area (Å²) in [5, 5.41) is 22.5. The highest BCUT2D eigenvalue weighted by Gasteiger charge is 2.47. The molecule has 1 amide bonds. The van der Waals surface area contributed by atoms with Crippen LogP contribution in [0.2, 0.25) is 0 Å². The molecule has 3 rings (SSSR count). The first-order valence-electron chi connectivity index (χ1n) is 6.32. The number of rotatable bonds is 2. The number of anilines is 1. The van der Waals surface area contributed by atoms with E-state index in [-0.39, 0.29) is 5.82 Å². The van der Waals surface area contributed by atoms with Crippen molar-refractivity contribution in [2.24, 2.45) is 0 Å². The number of carbonyl (C=O) groups is 1. The molecule has 118 valence electrons. The third kappa shape index (κ3) is 2.29. The lowest BCUT2D eigenvalue weighted by atomic mass is 10.1. The van der Waals surface area contributed by atoms with Gasteiger partial charge in [-0.15, -0.1) is 0 Å². The Labute approximate surface area is 137 Å². The van der Waals surface area contributed by atoms with Gasteiger partial charge in [0, 0.05) is 29.6 Å².